The number of carbonyl (C=O) groups is 2. The number of likely N-dealkylation sites (tertiary alicyclic amines) is 1. The summed E-state index contributed by atoms with van der Waals surface area (Å²) in [7, 11) is 0. The van der Waals surface area contributed by atoms with Gasteiger partial charge in [-0.3, -0.25) is 9.59 Å². The summed E-state index contributed by atoms with van der Waals surface area (Å²) in [6.07, 6.45) is 3.41. The normalized spacial score (nSPS) is 20.4. The van der Waals surface area contributed by atoms with Crippen molar-refractivity contribution in [3.8, 4) is 0 Å². The molecule has 2 heterocycles. The van der Waals surface area contributed by atoms with Crippen molar-refractivity contribution >= 4 is 23.6 Å². The molecule has 1 aromatic rings. The molecule has 2 aliphatic rings. The molecule has 4 nitrogen and oxygen atoms in total. The summed E-state index contributed by atoms with van der Waals surface area (Å²) < 4.78 is 0. The van der Waals surface area contributed by atoms with Gasteiger partial charge < -0.3 is 10.2 Å². The van der Waals surface area contributed by atoms with Gasteiger partial charge in [0.1, 0.15) is 0 Å². The second-order valence-electron chi connectivity index (χ2n) is 5.55. The molecule has 0 aliphatic carbocycles. The van der Waals surface area contributed by atoms with Crippen LogP contribution in [0.2, 0.25) is 0 Å². The highest BCUT2D eigenvalue weighted by Gasteiger charge is 2.27. The molecule has 1 atom stereocenters. The fourth-order valence-corrected chi connectivity index (χ4v) is 4.08. The maximum Gasteiger partial charge on any atom is 0.233 e. The van der Waals surface area contributed by atoms with Gasteiger partial charge in [-0.15, -0.1) is 11.8 Å². The molecule has 112 valence electrons. The maximum absolute atomic E-state index is 12.2. The maximum atomic E-state index is 12.2. The van der Waals surface area contributed by atoms with Crippen LogP contribution in [0.15, 0.2) is 29.2 Å². The predicted molar refractivity (Wildman–Crippen MR) is 83.2 cm³/mol. The quantitative estimate of drug-likeness (QED) is 0.923. The average Bonchev–Trinajstić information content (AvgIpc) is 3.16. The zero-order valence-corrected chi connectivity index (χ0v) is 12.8. The molecule has 0 saturated carbocycles. The molecule has 1 aromatic carbocycles. The number of amides is 2. The van der Waals surface area contributed by atoms with Crippen LogP contribution in [0.3, 0.4) is 0 Å². The summed E-state index contributed by atoms with van der Waals surface area (Å²) >= 11 is 1.62. The van der Waals surface area contributed by atoms with E-state index in [1.165, 1.54) is 10.5 Å². The molecule has 0 spiro atoms. The van der Waals surface area contributed by atoms with Crippen molar-refractivity contribution in [3.05, 3.63) is 29.8 Å². The number of hydrogen-bond acceptors (Lipinski definition) is 3. The van der Waals surface area contributed by atoms with Crippen molar-refractivity contribution in [1.29, 1.82) is 0 Å². The molecule has 1 N–H and O–H groups in total. The zero-order chi connectivity index (χ0) is 14.7. The number of hydrogen-bond donors (Lipinski definition) is 1. The van der Waals surface area contributed by atoms with E-state index in [4.69, 9.17) is 0 Å². The van der Waals surface area contributed by atoms with Gasteiger partial charge >= 0.3 is 0 Å². The molecule has 5 heteroatoms. The number of fused-ring (bicyclic) bond motifs is 1. The van der Waals surface area contributed by atoms with Crippen LogP contribution >= 0.6 is 11.8 Å². The van der Waals surface area contributed by atoms with Crippen molar-refractivity contribution in [2.75, 3.05) is 19.6 Å². The minimum absolute atomic E-state index is 0.0467. The first-order valence-electron chi connectivity index (χ1n) is 7.54. The van der Waals surface area contributed by atoms with E-state index in [1.54, 1.807) is 11.8 Å². The van der Waals surface area contributed by atoms with Gasteiger partial charge in [-0.1, -0.05) is 18.2 Å². The summed E-state index contributed by atoms with van der Waals surface area (Å²) in [5, 5.41) is 2.85. The van der Waals surface area contributed by atoms with Crippen molar-refractivity contribution in [2.24, 2.45) is 0 Å². The van der Waals surface area contributed by atoms with Crippen LogP contribution in [0.4, 0.5) is 0 Å². The molecule has 0 aromatic heterocycles. The Morgan fingerprint density at radius 3 is 2.76 bits per heavy atom. The van der Waals surface area contributed by atoms with E-state index in [1.807, 2.05) is 17.0 Å². The van der Waals surface area contributed by atoms with Crippen LogP contribution in [0.5, 0.6) is 0 Å². The second kappa shape index (κ2) is 6.52. The highest BCUT2D eigenvalue weighted by atomic mass is 32.2. The monoisotopic (exact) mass is 304 g/mol. The standard InChI is InChI=1S/C16H20N2O2S/c19-15(18-9-3-4-10-18)7-8-17-16(20)14-11-12-5-1-2-6-13(12)21-14/h1-2,5-6,14H,3-4,7-11H2,(H,17,20). The third-order valence-corrected chi connectivity index (χ3v) is 5.35. The summed E-state index contributed by atoms with van der Waals surface area (Å²) in [6, 6.07) is 8.14. The highest BCUT2D eigenvalue weighted by Crippen LogP contribution is 2.36. The Bertz CT molecular complexity index is 516. The Morgan fingerprint density at radius 2 is 2.00 bits per heavy atom. The van der Waals surface area contributed by atoms with Crippen LogP contribution in [0.1, 0.15) is 24.8 Å². The first-order valence-corrected chi connectivity index (χ1v) is 8.42. The topological polar surface area (TPSA) is 49.4 Å². The van der Waals surface area contributed by atoms with Crippen molar-refractivity contribution in [1.82, 2.24) is 10.2 Å². The fourth-order valence-electron chi connectivity index (χ4n) is 2.86. The van der Waals surface area contributed by atoms with Gasteiger partial charge in [-0.05, 0) is 30.9 Å². The van der Waals surface area contributed by atoms with E-state index < -0.39 is 0 Å². The number of thioether (sulfide) groups is 1. The first kappa shape index (κ1) is 14.4. The minimum atomic E-state index is -0.0516. The van der Waals surface area contributed by atoms with Gasteiger partial charge in [-0.2, -0.15) is 0 Å². The molecule has 0 bridgehead atoms. The van der Waals surface area contributed by atoms with Gasteiger partial charge in [-0.25, -0.2) is 0 Å². The molecule has 1 saturated heterocycles. The summed E-state index contributed by atoms with van der Waals surface area (Å²) in [6.45, 7) is 2.20. The number of nitrogens with zero attached hydrogens (tertiary/aromatic N) is 1. The van der Waals surface area contributed by atoms with E-state index in [2.05, 4.69) is 17.4 Å². The summed E-state index contributed by atoms with van der Waals surface area (Å²) in [5.74, 6) is 0.209. The Hall–Kier alpha value is -1.49. The highest BCUT2D eigenvalue weighted by molar-refractivity contribution is 8.01. The molecule has 21 heavy (non-hydrogen) atoms. The van der Waals surface area contributed by atoms with Gasteiger partial charge in [0.15, 0.2) is 0 Å². The van der Waals surface area contributed by atoms with Crippen LogP contribution < -0.4 is 5.32 Å². The van der Waals surface area contributed by atoms with E-state index in [0.717, 1.165) is 32.4 Å². The van der Waals surface area contributed by atoms with Crippen LogP contribution in [0, 0.1) is 0 Å². The number of nitrogens with one attached hydrogen (secondary N) is 1. The SMILES string of the molecule is O=C(NCCC(=O)N1CCCC1)C1Cc2ccccc2S1. The predicted octanol–water partition coefficient (Wildman–Crippen LogP) is 1.83. The van der Waals surface area contributed by atoms with E-state index >= 15 is 0 Å². The molecular formula is C16H20N2O2S. The first-order chi connectivity index (χ1) is 10.2. The number of benzene rings is 1. The van der Waals surface area contributed by atoms with Crippen molar-refractivity contribution in [3.63, 3.8) is 0 Å². The van der Waals surface area contributed by atoms with E-state index in [9.17, 15) is 9.59 Å². The zero-order valence-electron chi connectivity index (χ0n) is 12.0. The van der Waals surface area contributed by atoms with Gasteiger partial charge in [0.05, 0.1) is 5.25 Å². The number of rotatable bonds is 4. The summed E-state index contributed by atoms with van der Waals surface area (Å²) in [5.41, 5.74) is 1.25. The molecule has 3 rings (SSSR count). The number of carbonyl (C=O) groups excluding carboxylic acids is 2. The van der Waals surface area contributed by atoms with E-state index in [-0.39, 0.29) is 17.1 Å². The molecule has 1 fully saturated rings. The Kier molecular flexibility index (Phi) is 4.48. The van der Waals surface area contributed by atoms with Crippen molar-refractivity contribution < 1.29 is 9.59 Å². The van der Waals surface area contributed by atoms with Gasteiger partial charge in [0, 0.05) is 31.0 Å². The van der Waals surface area contributed by atoms with Crippen LogP contribution in [-0.2, 0) is 16.0 Å². The average molecular weight is 304 g/mol. The molecule has 1 unspecified atom stereocenters. The summed E-state index contributed by atoms with van der Waals surface area (Å²) in [4.78, 5) is 27.2. The largest absolute Gasteiger partial charge is 0.355 e. The third-order valence-electron chi connectivity index (χ3n) is 4.04. The Balaban J connectivity index is 1.42. The van der Waals surface area contributed by atoms with E-state index in [0.29, 0.717) is 13.0 Å². The van der Waals surface area contributed by atoms with Gasteiger partial charge in [0.2, 0.25) is 11.8 Å². The molecule has 2 amide bonds. The van der Waals surface area contributed by atoms with Gasteiger partial charge in [0.25, 0.3) is 0 Å². The smallest absolute Gasteiger partial charge is 0.233 e. The van der Waals surface area contributed by atoms with Crippen LogP contribution in [0.25, 0.3) is 0 Å². The Labute approximate surface area is 129 Å². The lowest BCUT2D eigenvalue weighted by Crippen LogP contribution is -2.36. The lowest BCUT2D eigenvalue weighted by Gasteiger charge is -2.15. The van der Waals surface area contributed by atoms with Crippen molar-refractivity contribution in [2.45, 2.75) is 35.8 Å². The third kappa shape index (κ3) is 3.40. The fraction of sp³-hybridized carbons (Fsp3) is 0.500. The molecular weight excluding hydrogens is 284 g/mol. The minimum Gasteiger partial charge on any atom is -0.355 e. The molecule has 0 radical (unpaired) electrons. The second-order valence-corrected chi connectivity index (χ2v) is 6.79. The van der Waals surface area contributed by atoms with Crippen LogP contribution in [-0.4, -0.2) is 41.6 Å². The lowest BCUT2D eigenvalue weighted by molar-refractivity contribution is -0.130. The molecule has 2 aliphatic heterocycles. The lowest BCUT2D eigenvalue weighted by atomic mass is 10.1. The Morgan fingerprint density at radius 1 is 1.24 bits per heavy atom.